The summed E-state index contributed by atoms with van der Waals surface area (Å²) >= 11 is 6.06. The molecular weight excluding hydrogens is 1040 g/mol. The van der Waals surface area contributed by atoms with Gasteiger partial charge in [-0.05, 0) is 112 Å². The average molecular weight is 1110 g/mol. The lowest BCUT2D eigenvalue weighted by Gasteiger charge is -2.29. The van der Waals surface area contributed by atoms with Crippen LogP contribution >= 0.6 is 33.2 Å². The third-order valence-electron chi connectivity index (χ3n) is 12.3. The van der Waals surface area contributed by atoms with E-state index in [1.54, 1.807) is 36.4 Å². The molecule has 8 amide bonds. The molecule has 25 heteroatoms. The van der Waals surface area contributed by atoms with Gasteiger partial charge in [-0.15, -0.1) is 0 Å². The Morgan fingerprint density at radius 2 is 1.25 bits per heavy atom. The van der Waals surface area contributed by atoms with Crippen LogP contribution in [-0.2, 0) is 62.4 Å². The second-order valence-electron chi connectivity index (χ2n) is 18.5. The highest BCUT2D eigenvalue weighted by molar-refractivity contribution is 8.76. The second kappa shape index (κ2) is 31.6. The number of hydrogen-bond donors (Lipinski definition) is 13. The molecule has 76 heavy (non-hydrogen) atoms. The molecule has 414 valence electrons. The number of nitrogens with one attached hydrogen (secondary N) is 6. The largest absolute Gasteiger partial charge is 0.508 e. The van der Waals surface area contributed by atoms with E-state index in [0.29, 0.717) is 34.6 Å². The average Bonchev–Trinajstić information content (AvgIpc) is 3.37. The fraction of sp³-hybridized carbons (Fsp3) is 0.471. The summed E-state index contributed by atoms with van der Waals surface area (Å²) in [5.74, 6) is -9.13. The highest BCUT2D eigenvalue weighted by atomic mass is 35.5. The van der Waals surface area contributed by atoms with Crippen LogP contribution in [0.2, 0.25) is 5.02 Å². The minimum absolute atomic E-state index is 0.0197. The predicted octanol–water partition coefficient (Wildman–Crippen LogP) is 0.0264. The summed E-state index contributed by atoms with van der Waals surface area (Å²) in [4.78, 5) is 124. The second-order valence-corrected chi connectivity index (χ2v) is 21.5. The van der Waals surface area contributed by atoms with E-state index in [2.05, 4.69) is 31.9 Å². The molecule has 0 radical (unpaired) electrons. The Balaban J connectivity index is 1.79. The number of primary amides is 2. The quantitative estimate of drug-likeness (QED) is 0.0494. The zero-order valence-corrected chi connectivity index (χ0v) is 44.4. The summed E-state index contributed by atoms with van der Waals surface area (Å²) in [6.07, 6.45) is -1.22. The van der Waals surface area contributed by atoms with Gasteiger partial charge < -0.3 is 70.2 Å². The maximum atomic E-state index is 14.6. The third-order valence-corrected chi connectivity index (χ3v) is 15.0. The van der Waals surface area contributed by atoms with Gasteiger partial charge >= 0.3 is 0 Å². The summed E-state index contributed by atoms with van der Waals surface area (Å²) in [6, 6.07) is 8.51. The normalized spacial score (nSPS) is 21.6. The number of Topliss-reactive ketones (excluding diaryl/α,β-unsaturated/α-hetero) is 1. The summed E-state index contributed by atoms with van der Waals surface area (Å²) in [5, 5.41) is 47.0. The van der Waals surface area contributed by atoms with E-state index in [4.69, 9.17) is 34.5 Å². The van der Waals surface area contributed by atoms with Crippen molar-refractivity contribution in [3.8, 4) is 11.5 Å². The van der Waals surface area contributed by atoms with Crippen molar-refractivity contribution < 1.29 is 58.5 Å². The standard InChI is InChI=1S/C51H69ClN10O12S2/c1-28(63)44-51(74)61-41(50(73)59-39(45(56)68)24-31-13-19-35(65)20-14-31)27-76-75-26-40(60-47(70)36(54)23-30-9-15-33(52)16-10-30)42(66)25-32(22-29-11-17-34(64)18-12-29)46(69)57-37(6-2-3-8-43(55)67)48(71)58-38(49(72)62-44)7-4-5-21-53/h9-20,28,32,36-41,44,63-65H,2-8,21-27,53-54H2,1H3,(H2,55,67)(H2,56,68)(H,57,69)(H,58,71)(H,59,73)(H,60,70)(H,61,74)(H,62,72)/t28-,32-,36+,37-,38+,39-,40-,41+,44+/m1/s1. The number of hydrogen-bond acceptors (Lipinski definition) is 16. The van der Waals surface area contributed by atoms with Crippen molar-refractivity contribution in [1.29, 1.82) is 0 Å². The highest BCUT2D eigenvalue weighted by Gasteiger charge is 2.36. The van der Waals surface area contributed by atoms with E-state index in [9.17, 15) is 58.5 Å². The zero-order chi connectivity index (χ0) is 55.9. The Morgan fingerprint density at radius 1 is 0.711 bits per heavy atom. The Bertz CT molecular complexity index is 2460. The monoisotopic (exact) mass is 1110 g/mol. The molecule has 0 spiro atoms. The molecule has 0 saturated carbocycles. The van der Waals surface area contributed by atoms with Crippen molar-refractivity contribution in [2.45, 2.75) is 126 Å². The van der Waals surface area contributed by atoms with Crippen LogP contribution in [0.1, 0.15) is 75.0 Å². The van der Waals surface area contributed by atoms with Gasteiger partial charge in [0.15, 0.2) is 5.78 Å². The van der Waals surface area contributed by atoms with E-state index in [1.165, 1.54) is 43.3 Å². The minimum atomic E-state index is -1.73. The van der Waals surface area contributed by atoms with Crippen LogP contribution in [-0.4, -0.2) is 135 Å². The minimum Gasteiger partial charge on any atom is -0.508 e. The van der Waals surface area contributed by atoms with Gasteiger partial charge in [0, 0.05) is 41.7 Å². The number of carbonyl (C=O) groups excluding carboxylic acids is 9. The number of unbranched alkanes of at least 4 members (excludes halogenated alkanes) is 2. The highest BCUT2D eigenvalue weighted by Crippen LogP contribution is 2.26. The molecular formula is C51H69ClN10O12S2. The number of aromatic hydroxyl groups is 2. The molecule has 0 unspecified atom stereocenters. The Kier molecular flexibility index (Phi) is 25.8. The first-order valence-corrected chi connectivity index (χ1v) is 27.6. The van der Waals surface area contributed by atoms with Crippen LogP contribution in [0.3, 0.4) is 0 Å². The molecule has 1 fully saturated rings. The van der Waals surface area contributed by atoms with Crippen LogP contribution in [0, 0.1) is 5.92 Å². The number of rotatable bonds is 21. The first kappa shape index (κ1) is 62.1. The number of phenolic OH excluding ortho intramolecular Hbond substituents is 2. The predicted molar refractivity (Wildman–Crippen MR) is 288 cm³/mol. The van der Waals surface area contributed by atoms with Gasteiger partial charge in [-0.2, -0.15) is 0 Å². The molecule has 1 saturated heterocycles. The molecule has 0 aromatic heterocycles. The van der Waals surface area contributed by atoms with Crippen LogP contribution in [0.5, 0.6) is 11.5 Å². The number of nitrogens with two attached hydrogens (primary N) is 4. The van der Waals surface area contributed by atoms with Gasteiger partial charge in [0.05, 0.1) is 18.2 Å². The number of aliphatic hydroxyl groups excluding tert-OH is 1. The van der Waals surface area contributed by atoms with E-state index in [-0.39, 0.29) is 80.9 Å². The number of aliphatic hydroxyl groups is 1. The number of ketones is 1. The molecule has 17 N–H and O–H groups in total. The van der Waals surface area contributed by atoms with E-state index in [1.807, 2.05) is 0 Å². The topological polar surface area (TPSA) is 391 Å². The number of carbonyl (C=O) groups is 9. The van der Waals surface area contributed by atoms with Crippen molar-refractivity contribution >= 4 is 86.2 Å². The van der Waals surface area contributed by atoms with Gasteiger partial charge in [0.2, 0.25) is 47.3 Å². The molecule has 22 nitrogen and oxygen atoms in total. The summed E-state index contributed by atoms with van der Waals surface area (Å²) < 4.78 is 0. The smallest absolute Gasteiger partial charge is 0.245 e. The molecule has 0 aliphatic carbocycles. The van der Waals surface area contributed by atoms with Crippen LogP contribution in [0.4, 0.5) is 0 Å². The lowest BCUT2D eigenvalue weighted by atomic mass is 9.91. The SMILES string of the molecule is C[C@@H](O)[C@@H]1NC(=O)[C@H](CCCCN)NC(=O)[C@@H](CCCCC(N)=O)NC(=O)[C@H](Cc2ccc(O)cc2)CC(=O)[C@H](NC(=O)[C@@H](N)Cc2ccc(Cl)cc2)CSSC[C@@H](C(=O)N[C@H](Cc2ccc(O)cc2)C(N)=O)NC1=O. The fourth-order valence-corrected chi connectivity index (χ4v) is 10.4. The Hall–Kier alpha value is -6.44. The maximum absolute atomic E-state index is 14.6. The van der Waals surface area contributed by atoms with Crippen molar-refractivity contribution in [3.05, 3.63) is 94.5 Å². The fourth-order valence-electron chi connectivity index (χ4n) is 7.96. The van der Waals surface area contributed by atoms with Crippen LogP contribution in [0.25, 0.3) is 0 Å². The van der Waals surface area contributed by atoms with Crippen molar-refractivity contribution in [2.24, 2.45) is 28.9 Å². The number of benzene rings is 3. The van der Waals surface area contributed by atoms with Gasteiger partial charge in [0.25, 0.3) is 0 Å². The zero-order valence-electron chi connectivity index (χ0n) is 42.0. The van der Waals surface area contributed by atoms with Gasteiger partial charge in [0.1, 0.15) is 41.7 Å². The van der Waals surface area contributed by atoms with E-state index >= 15 is 0 Å². The van der Waals surface area contributed by atoms with Gasteiger partial charge in [-0.25, -0.2) is 0 Å². The number of halogens is 1. The molecule has 1 heterocycles. The summed E-state index contributed by atoms with van der Waals surface area (Å²) in [5.41, 5.74) is 24.9. The lowest BCUT2D eigenvalue weighted by molar-refractivity contribution is -0.137. The van der Waals surface area contributed by atoms with Gasteiger partial charge in [-0.1, -0.05) is 76.0 Å². The van der Waals surface area contributed by atoms with Gasteiger partial charge in [-0.3, -0.25) is 43.2 Å². The third kappa shape index (κ3) is 21.3. The van der Waals surface area contributed by atoms with Crippen LogP contribution < -0.4 is 54.8 Å². The van der Waals surface area contributed by atoms with Crippen molar-refractivity contribution in [1.82, 2.24) is 31.9 Å². The summed E-state index contributed by atoms with van der Waals surface area (Å²) in [6.45, 7) is 1.44. The Labute approximate surface area is 453 Å². The number of amides is 8. The first-order chi connectivity index (χ1) is 36.1. The van der Waals surface area contributed by atoms with Crippen molar-refractivity contribution in [3.63, 3.8) is 0 Å². The number of phenols is 2. The molecule has 0 bridgehead atoms. The van der Waals surface area contributed by atoms with E-state index < -0.39 is 114 Å². The molecule has 9 atom stereocenters. The van der Waals surface area contributed by atoms with E-state index in [0.717, 1.165) is 21.6 Å². The molecule has 1 aliphatic heterocycles. The Morgan fingerprint density at radius 3 is 1.83 bits per heavy atom. The summed E-state index contributed by atoms with van der Waals surface area (Å²) in [7, 11) is 1.98. The molecule has 1 aliphatic rings. The molecule has 4 rings (SSSR count). The molecule has 3 aromatic carbocycles. The molecule has 3 aromatic rings. The first-order valence-electron chi connectivity index (χ1n) is 24.7. The maximum Gasteiger partial charge on any atom is 0.245 e. The lowest BCUT2D eigenvalue weighted by Crippen LogP contribution is -2.61. The van der Waals surface area contributed by atoms with Crippen LogP contribution in [0.15, 0.2) is 72.8 Å². The van der Waals surface area contributed by atoms with Crippen molar-refractivity contribution in [2.75, 3.05) is 18.1 Å².